The quantitative estimate of drug-likeness (QED) is 0.175. The Hall–Kier alpha value is -7.30. The highest BCUT2D eigenvalue weighted by Crippen LogP contribution is 2.49. The fourth-order valence-electron chi connectivity index (χ4n) is 8.20. The van der Waals surface area contributed by atoms with Crippen molar-refractivity contribution in [3.05, 3.63) is 200 Å². The topological polar surface area (TPSA) is 37.6 Å². The van der Waals surface area contributed by atoms with E-state index in [0.29, 0.717) is 0 Å². The van der Waals surface area contributed by atoms with Gasteiger partial charge in [-0.3, -0.25) is 0 Å². The van der Waals surface area contributed by atoms with Gasteiger partial charge >= 0.3 is 0 Å². The summed E-state index contributed by atoms with van der Waals surface area (Å²) in [6.45, 7) is 0. The molecule has 0 aliphatic carbocycles. The van der Waals surface area contributed by atoms with Gasteiger partial charge in [0, 0.05) is 50.2 Å². The summed E-state index contributed by atoms with van der Waals surface area (Å²) in [6.07, 6.45) is -0.250. The lowest BCUT2D eigenvalue weighted by molar-refractivity contribution is 0.262. The smallest absolute Gasteiger partial charge is 0.196 e. The lowest BCUT2D eigenvalue weighted by atomic mass is 9.95. The maximum absolute atomic E-state index is 6.71. The Bertz CT molecular complexity index is 3030. The number of furan rings is 1. The maximum atomic E-state index is 6.71. The Kier molecular flexibility index (Phi) is 7.20. The van der Waals surface area contributed by atoms with Gasteiger partial charge in [0.25, 0.3) is 0 Å². The first-order chi connectivity index (χ1) is 27.2. The van der Waals surface area contributed by atoms with Gasteiger partial charge in [0.05, 0.1) is 5.69 Å². The Labute approximate surface area is 318 Å². The molecule has 2 heterocycles. The molecule has 0 spiro atoms. The number of benzene rings is 9. The van der Waals surface area contributed by atoms with Crippen molar-refractivity contribution in [2.45, 2.75) is 6.23 Å². The number of anilines is 4. The zero-order chi connectivity index (χ0) is 36.3. The molecule has 4 heteroatoms. The van der Waals surface area contributed by atoms with Crippen LogP contribution in [-0.4, -0.2) is 0 Å². The first kappa shape index (κ1) is 31.2. The van der Waals surface area contributed by atoms with Crippen molar-refractivity contribution in [1.29, 1.82) is 0 Å². The number of nitrogens with one attached hydrogen (secondary N) is 1. The molecule has 0 saturated carbocycles. The van der Waals surface area contributed by atoms with Crippen LogP contribution < -0.4 is 15.0 Å². The lowest BCUT2D eigenvalue weighted by Gasteiger charge is -2.26. The third kappa shape index (κ3) is 5.30. The highest BCUT2D eigenvalue weighted by Gasteiger charge is 2.28. The fourth-order valence-corrected chi connectivity index (χ4v) is 8.20. The second-order valence-corrected chi connectivity index (χ2v) is 14.1. The van der Waals surface area contributed by atoms with Crippen molar-refractivity contribution < 1.29 is 9.15 Å². The summed E-state index contributed by atoms with van der Waals surface area (Å²) in [4.78, 5) is 2.30. The van der Waals surface area contributed by atoms with Gasteiger partial charge in [0.2, 0.25) is 0 Å². The normalized spacial score (nSPS) is 13.6. The van der Waals surface area contributed by atoms with Gasteiger partial charge in [-0.15, -0.1) is 0 Å². The summed E-state index contributed by atoms with van der Waals surface area (Å²) in [6, 6.07) is 68.6. The average molecular weight is 707 g/mol. The number of rotatable bonds is 6. The Morgan fingerprint density at radius 3 is 1.65 bits per heavy atom. The van der Waals surface area contributed by atoms with E-state index in [1.807, 2.05) is 18.2 Å². The minimum Gasteiger partial charge on any atom is -0.464 e. The molecule has 4 nitrogen and oxygen atoms in total. The first-order valence-corrected chi connectivity index (χ1v) is 18.7. The van der Waals surface area contributed by atoms with E-state index in [4.69, 9.17) is 9.15 Å². The predicted molar refractivity (Wildman–Crippen MR) is 228 cm³/mol. The van der Waals surface area contributed by atoms with Crippen LogP contribution in [0.5, 0.6) is 5.75 Å². The molecule has 1 aliphatic heterocycles. The molecule has 1 unspecified atom stereocenters. The van der Waals surface area contributed by atoms with Crippen molar-refractivity contribution >= 4 is 66.2 Å². The summed E-state index contributed by atoms with van der Waals surface area (Å²) in [5, 5.41) is 10.6. The number of fused-ring (bicyclic) bond motifs is 9. The first-order valence-electron chi connectivity index (χ1n) is 18.7. The summed E-state index contributed by atoms with van der Waals surface area (Å²) in [5.41, 5.74) is 11.7. The Morgan fingerprint density at radius 2 is 0.909 bits per heavy atom. The highest BCUT2D eigenvalue weighted by molar-refractivity contribution is 6.18. The molecule has 1 N–H and O–H groups in total. The van der Waals surface area contributed by atoms with E-state index >= 15 is 0 Å². The summed E-state index contributed by atoms with van der Waals surface area (Å²) in [7, 11) is 0. The number of para-hydroxylation sites is 1. The second kappa shape index (κ2) is 12.7. The molecule has 9 aromatic carbocycles. The molecule has 11 rings (SSSR count). The van der Waals surface area contributed by atoms with E-state index in [0.717, 1.165) is 72.5 Å². The number of ether oxygens (including phenoxy) is 1. The molecule has 1 atom stereocenters. The molecule has 0 fully saturated rings. The zero-order valence-corrected chi connectivity index (χ0v) is 29.8. The van der Waals surface area contributed by atoms with Gasteiger partial charge in [-0.25, -0.2) is 0 Å². The van der Waals surface area contributed by atoms with Gasteiger partial charge in [0.15, 0.2) is 12.0 Å². The lowest BCUT2D eigenvalue weighted by Crippen LogP contribution is -2.09. The van der Waals surface area contributed by atoms with E-state index in [1.54, 1.807) is 0 Å². The second-order valence-electron chi connectivity index (χ2n) is 14.1. The number of hydrogen-bond acceptors (Lipinski definition) is 4. The van der Waals surface area contributed by atoms with Crippen LogP contribution in [0.3, 0.4) is 0 Å². The van der Waals surface area contributed by atoms with Crippen molar-refractivity contribution in [3.63, 3.8) is 0 Å². The Balaban J connectivity index is 1.00. The third-order valence-corrected chi connectivity index (χ3v) is 10.9. The minimum absolute atomic E-state index is 0.250. The van der Waals surface area contributed by atoms with Crippen molar-refractivity contribution in [2.75, 3.05) is 10.2 Å². The molecule has 0 amide bonds. The van der Waals surface area contributed by atoms with Crippen LogP contribution in [0.15, 0.2) is 199 Å². The average Bonchev–Trinajstić information content (AvgIpc) is 3.88. The van der Waals surface area contributed by atoms with Gasteiger partial charge < -0.3 is 19.4 Å². The van der Waals surface area contributed by atoms with Crippen molar-refractivity contribution in [3.8, 4) is 28.0 Å². The largest absolute Gasteiger partial charge is 0.464 e. The van der Waals surface area contributed by atoms with Crippen molar-refractivity contribution in [1.82, 2.24) is 0 Å². The molecule has 10 aromatic rings. The third-order valence-electron chi connectivity index (χ3n) is 10.9. The molecular weight excluding hydrogens is 673 g/mol. The molecule has 1 aromatic heterocycles. The molecule has 1 aliphatic rings. The summed E-state index contributed by atoms with van der Waals surface area (Å²) < 4.78 is 13.1. The van der Waals surface area contributed by atoms with Crippen LogP contribution in [0.2, 0.25) is 0 Å². The van der Waals surface area contributed by atoms with E-state index in [9.17, 15) is 0 Å². The number of hydrogen-bond donors (Lipinski definition) is 1. The van der Waals surface area contributed by atoms with Gasteiger partial charge in [-0.05, 0) is 81.6 Å². The SMILES string of the molecule is c1ccc(-c2ccc(N(c3ccc(-c4ccc5c(c4)c4c(c6ccccc65)NC(c5ccccc5)O4)cc3)c3ccc4c(c3)oc3ccccc34)cc2)cc1. The van der Waals surface area contributed by atoms with Crippen LogP contribution in [-0.2, 0) is 0 Å². The molecular formula is C51H34N2O2. The van der Waals surface area contributed by atoms with Crippen LogP contribution in [0.1, 0.15) is 11.8 Å². The molecule has 0 bridgehead atoms. The Morgan fingerprint density at radius 1 is 0.382 bits per heavy atom. The standard InChI is InChI=1S/C51H34N2O2/c1-3-11-33(12-4-1)34-19-24-38(25-20-34)53(40-28-30-44-43-16-9-10-18-47(43)54-48(44)32-40)39-26-21-35(22-27-39)37-23-29-42-41-15-7-8-17-45(41)49-50(46(42)31-37)55-51(52-49)36-13-5-2-6-14-36/h1-32,51-52H. The van der Waals surface area contributed by atoms with E-state index < -0.39 is 0 Å². The minimum atomic E-state index is -0.250. The predicted octanol–water partition coefficient (Wildman–Crippen LogP) is 14.2. The monoisotopic (exact) mass is 706 g/mol. The van der Waals surface area contributed by atoms with Crippen LogP contribution in [0.25, 0.3) is 65.7 Å². The molecule has 0 radical (unpaired) electrons. The molecule has 55 heavy (non-hydrogen) atoms. The molecule has 0 saturated heterocycles. The van der Waals surface area contributed by atoms with Gasteiger partial charge in [-0.1, -0.05) is 140 Å². The van der Waals surface area contributed by atoms with E-state index in [1.165, 1.54) is 27.3 Å². The summed E-state index contributed by atoms with van der Waals surface area (Å²) >= 11 is 0. The highest BCUT2D eigenvalue weighted by atomic mass is 16.5. The maximum Gasteiger partial charge on any atom is 0.196 e. The summed E-state index contributed by atoms with van der Waals surface area (Å²) in [5.74, 6) is 0.895. The van der Waals surface area contributed by atoms with Crippen LogP contribution in [0.4, 0.5) is 22.7 Å². The van der Waals surface area contributed by atoms with Crippen LogP contribution >= 0.6 is 0 Å². The fraction of sp³-hybridized carbons (Fsp3) is 0.0196. The van der Waals surface area contributed by atoms with Crippen molar-refractivity contribution in [2.24, 2.45) is 0 Å². The van der Waals surface area contributed by atoms with Crippen LogP contribution in [0, 0.1) is 0 Å². The molecule has 260 valence electrons. The zero-order valence-electron chi connectivity index (χ0n) is 29.8. The number of nitrogens with zero attached hydrogens (tertiary/aromatic N) is 1. The van der Waals surface area contributed by atoms with Gasteiger partial charge in [-0.2, -0.15) is 0 Å². The van der Waals surface area contributed by atoms with E-state index in [-0.39, 0.29) is 6.23 Å². The van der Waals surface area contributed by atoms with Gasteiger partial charge in [0.1, 0.15) is 11.2 Å². The van der Waals surface area contributed by atoms with E-state index in [2.05, 4.69) is 186 Å².